The number of carbonyl (C=O) groups is 1. The highest BCUT2D eigenvalue weighted by atomic mass is 32.1. The maximum absolute atomic E-state index is 11.7. The molecule has 0 radical (unpaired) electrons. The van der Waals surface area contributed by atoms with Crippen LogP contribution >= 0.6 is 20.6 Å². The summed E-state index contributed by atoms with van der Waals surface area (Å²) in [5, 5.41) is 10.7. The molecule has 2 aliphatic rings. The number of carboxylic acid groups (broad SMARTS) is 1. The first-order valence-corrected chi connectivity index (χ1v) is 14.9. The van der Waals surface area contributed by atoms with Gasteiger partial charge in [0.25, 0.3) is 0 Å². The van der Waals surface area contributed by atoms with E-state index >= 15 is 0 Å². The number of thiophene rings is 1. The summed E-state index contributed by atoms with van der Waals surface area (Å²) < 4.78 is 13.9. The van der Waals surface area contributed by atoms with Crippen molar-refractivity contribution in [3.63, 3.8) is 0 Å². The van der Waals surface area contributed by atoms with E-state index < -0.39 is 5.97 Å². The van der Waals surface area contributed by atoms with E-state index in [-0.39, 0.29) is 6.10 Å². The van der Waals surface area contributed by atoms with Crippen LogP contribution in [0.15, 0.2) is 42.5 Å². The van der Waals surface area contributed by atoms with Crippen LogP contribution in [-0.4, -0.2) is 56.3 Å². The summed E-state index contributed by atoms with van der Waals surface area (Å²) in [5.74, 6) is 0.698. The van der Waals surface area contributed by atoms with Gasteiger partial charge in [-0.25, -0.2) is 14.8 Å². The molecule has 2 unspecified atom stereocenters. The molecule has 2 atom stereocenters. The van der Waals surface area contributed by atoms with Gasteiger partial charge >= 0.3 is 5.97 Å². The minimum Gasteiger partial charge on any atom is -0.477 e. The lowest BCUT2D eigenvalue weighted by Crippen LogP contribution is -2.33. The third-order valence-electron chi connectivity index (χ3n) is 7.67. The normalized spacial score (nSPS) is 17.6. The lowest BCUT2D eigenvalue weighted by Gasteiger charge is -2.29. The Labute approximate surface area is 239 Å². The number of carboxylic acids is 1. The molecule has 5 heterocycles. The Morgan fingerprint density at radius 3 is 2.80 bits per heavy atom. The summed E-state index contributed by atoms with van der Waals surface area (Å²) in [6.07, 6.45) is 4.30. The van der Waals surface area contributed by atoms with Gasteiger partial charge in [0.2, 0.25) is 5.88 Å². The predicted molar refractivity (Wildman–Crippen MR) is 161 cm³/mol. The molecule has 208 valence electrons. The van der Waals surface area contributed by atoms with E-state index in [4.69, 9.17) is 19.4 Å². The monoisotopic (exact) mass is 576 g/mol. The molecule has 1 N–H and O–H groups in total. The lowest BCUT2D eigenvalue weighted by molar-refractivity contribution is -0.0592. The number of ether oxygens (including phenoxy) is 2. The lowest BCUT2D eigenvalue weighted by atomic mass is 10.0. The predicted octanol–water partition coefficient (Wildman–Crippen LogP) is 4.97. The van der Waals surface area contributed by atoms with Crippen LogP contribution in [0.1, 0.15) is 50.7 Å². The molecular weight excluding hydrogens is 543 g/mol. The van der Waals surface area contributed by atoms with Crippen LogP contribution in [0.3, 0.4) is 0 Å². The molecule has 6 rings (SSSR count). The Morgan fingerprint density at radius 2 is 2.10 bits per heavy atom. The van der Waals surface area contributed by atoms with Crippen molar-refractivity contribution >= 4 is 47.8 Å². The van der Waals surface area contributed by atoms with E-state index in [0.717, 1.165) is 70.8 Å². The third-order valence-corrected chi connectivity index (χ3v) is 9.37. The molecule has 1 fully saturated rings. The maximum Gasteiger partial charge on any atom is 0.346 e. The highest BCUT2D eigenvalue weighted by Crippen LogP contribution is 2.33. The maximum atomic E-state index is 11.7. The van der Waals surface area contributed by atoms with E-state index in [2.05, 4.69) is 49.9 Å². The SMILES string of the molecule is Cc1ccc(COc2cccc(C3=CCN(Cc4nc5sc(C(=O)O)c(C)c5n4CC4CCO4)CC3)n2)c(P)c1. The molecule has 1 aromatic carbocycles. The van der Waals surface area contributed by atoms with Crippen LogP contribution in [-0.2, 0) is 24.4 Å². The number of imidazole rings is 1. The Kier molecular flexibility index (Phi) is 7.73. The fourth-order valence-electron chi connectivity index (χ4n) is 5.30. The topological polar surface area (TPSA) is 89.7 Å². The van der Waals surface area contributed by atoms with Gasteiger partial charge in [-0.3, -0.25) is 4.90 Å². The second-order valence-electron chi connectivity index (χ2n) is 10.5. The summed E-state index contributed by atoms with van der Waals surface area (Å²) in [6.45, 7) is 8.31. The van der Waals surface area contributed by atoms with Crippen molar-refractivity contribution in [3.8, 4) is 5.88 Å². The fourth-order valence-corrected chi connectivity index (χ4v) is 6.79. The largest absolute Gasteiger partial charge is 0.477 e. The molecule has 4 aromatic rings. The zero-order chi connectivity index (χ0) is 27.8. The van der Waals surface area contributed by atoms with Crippen LogP contribution in [0.4, 0.5) is 0 Å². The second-order valence-corrected chi connectivity index (χ2v) is 12.1. The molecule has 0 aliphatic carbocycles. The highest BCUT2D eigenvalue weighted by molar-refractivity contribution is 7.27. The van der Waals surface area contributed by atoms with Crippen LogP contribution in [0, 0.1) is 13.8 Å². The number of benzene rings is 1. The number of aryl methyl sites for hydroxylation is 2. The van der Waals surface area contributed by atoms with Crippen LogP contribution in [0.5, 0.6) is 5.88 Å². The first-order valence-electron chi connectivity index (χ1n) is 13.6. The quantitative estimate of drug-likeness (QED) is 0.282. The highest BCUT2D eigenvalue weighted by Gasteiger charge is 2.27. The van der Waals surface area contributed by atoms with Gasteiger partial charge in [0, 0.05) is 31.3 Å². The van der Waals surface area contributed by atoms with Crippen molar-refractivity contribution < 1.29 is 19.4 Å². The van der Waals surface area contributed by atoms with Crippen LogP contribution in [0.25, 0.3) is 15.9 Å². The van der Waals surface area contributed by atoms with E-state index in [1.807, 2.05) is 25.1 Å². The van der Waals surface area contributed by atoms with Crippen molar-refractivity contribution in [3.05, 3.63) is 75.6 Å². The van der Waals surface area contributed by atoms with Crippen LogP contribution in [0.2, 0.25) is 0 Å². The smallest absolute Gasteiger partial charge is 0.346 e. The van der Waals surface area contributed by atoms with Gasteiger partial charge < -0.3 is 19.1 Å². The van der Waals surface area contributed by atoms with E-state index in [1.54, 1.807) is 0 Å². The van der Waals surface area contributed by atoms with Gasteiger partial charge in [-0.05, 0) is 49.2 Å². The molecule has 0 saturated carbocycles. The van der Waals surface area contributed by atoms with Gasteiger partial charge in [-0.1, -0.05) is 35.9 Å². The van der Waals surface area contributed by atoms with Gasteiger partial charge in [0.1, 0.15) is 22.1 Å². The van der Waals surface area contributed by atoms with Crippen molar-refractivity contribution in [1.29, 1.82) is 0 Å². The Hall–Kier alpha value is -3.10. The minimum atomic E-state index is -0.894. The molecule has 0 amide bonds. The summed E-state index contributed by atoms with van der Waals surface area (Å²) in [4.78, 5) is 24.9. The first-order chi connectivity index (χ1) is 19.4. The number of hydrogen-bond donors (Lipinski definition) is 1. The van der Waals surface area contributed by atoms with Gasteiger partial charge in [-0.2, -0.15) is 0 Å². The number of aromatic nitrogens is 3. The van der Waals surface area contributed by atoms with Crippen molar-refractivity contribution in [2.24, 2.45) is 0 Å². The molecule has 0 spiro atoms. The number of pyridine rings is 1. The standard InChI is InChI=1S/C30H33N4O4PS/c1-18-6-7-21(24(39)14-18)17-38-26-5-3-4-23(31-26)20-8-11-33(12-9-20)16-25-32-29-27(19(2)28(40-29)30(35)36)34(25)15-22-10-13-37-22/h3-8,14,22H,9-13,15-17,39H2,1-2H3,(H,35,36). The van der Waals surface area contributed by atoms with Crippen molar-refractivity contribution in [1.82, 2.24) is 19.4 Å². The number of rotatable bonds is 9. The second kappa shape index (κ2) is 11.4. The van der Waals surface area contributed by atoms with Crippen molar-refractivity contribution in [2.45, 2.75) is 52.5 Å². The average molecular weight is 577 g/mol. The van der Waals surface area contributed by atoms with Crippen LogP contribution < -0.4 is 10.0 Å². The number of nitrogens with zero attached hydrogens (tertiary/aromatic N) is 4. The Balaban J connectivity index is 1.15. The summed E-state index contributed by atoms with van der Waals surface area (Å²) >= 11 is 1.26. The molecule has 0 bridgehead atoms. The summed E-state index contributed by atoms with van der Waals surface area (Å²) in [7, 11) is 2.78. The number of hydrogen-bond acceptors (Lipinski definition) is 7. The molecular formula is C30H33N4O4PS. The molecule has 8 nitrogen and oxygen atoms in total. The average Bonchev–Trinajstić information content (AvgIpc) is 3.42. The fraction of sp³-hybridized carbons (Fsp3) is 0.367. The van der Waals surface area contributed by atoms with Gasteiger partial charge in [-0.15, -0.1) is 20.6 Å². The third kappa shape index (κ3) is 5.56. The summed E-state index contributed by atoms with van der Waals surface area (Å²) in [6, 6.07) is 12.3. The number of fused-ring (bicyclic) bond motifs is 1. The Bertz CT molecular complexity index is 1610. The molecule has 3 aromatic heterocycles. The molecule has 1 saturated heterocycles. The van der Waals surface area contributed by atoms with Gasteiger partial charge in [0.05, 0.1) is 30.4 Å². The van der Waals surface area contributed by atoms with E-state index in [1.165, 1.54) is 22.5 Å². The molecule has 10 heteroatoms. The van der Waals surface area contributed by atoms with Gasteiger partial charge in [0.15, 0.2) is 0 Å². The number of aromatic carboxylic acids is 1. The van der Waals surface area contributed by atoms with E-state index in [0.29, 0.717) is 30.5 Å². The zero-order valence-corrected chi connectivity index (χ0v) is 24.7. The van der Waals surface area contributed by atoms with Crippen molar-refractivity contribution in [2.75, 3.05) is 19.7 Å². The van der Waals surface area contributed by atoms with E-state index in [9.17, 15) is 9.90 Å². The Morgan fingerprint density at radius 1 is 1.25 bits per heavy atom. The first kappa shape index (κ1) is 27.1. The zero-order valence-electron chi connectivity index (χ0n) is 22.7. The molecule has 40 heavy (non-hydrogen) atoms. The summed E-state index contributed by atoms with van der Waals surface area (Å²) in [5.41, 5.74) is 6.25. The molecule has 2 aliphatic heterocycles. The minimum absolute atomic E-state index is 0.158.